The Morgan fingerprint density at radius 2 is 1.89 bits per heavy atom. The summed E-state index contributed by atoms with van der Waals surface area (Å²) in [7, 11) is 1.63. The van der Waals surface area contributed by atoms with E-state index >= 15 is 0 Å². The van der Waals surface area contributed by atoms with Gasteiger partial charge in [-0.15, -0.1) is 11.3 Å². The van der Waals surface area contributed by atoms with Crippen molar-refractivity contribution in [3.8, 4) is 10.6 Å². The topological polar surface area (TPSA) is 61.2 Å². The molecule has 3 rings (SSSR count). The van der Waals surface area contributed by atoms with E-state index in [4.69, 9.17) is 4.74 Å². The number of benzene rings is 1. The molecule has 2 heterocycles. The summed E-state index contributed by atoms with van der Waals surface area (Å²) in [6.07, 6.45) is -2.84. The maximum Gasteiger partial charge on any atom is 0.416 e. The number of ketones is 1. The van der Waals surface area contributed by atoms with E-state index < -0.39 is 17.7 Å². The average Bonchev–Trinajstić information content (AvgIpc) is 3.26. The SMILES string of the molecule is CC(=O)c1cc(C(=O)OCc2csc(-c3ccc(C(F)(F)F)cc3)n2)n(C)c1. The number of halogens is 3. The number of esters is 1. The van der Waals surface area contributed by atoms with Gasteiger partial charge in [0.15, 0.2) is 5.78 Å². The van der Waals surface area contributed by atoms with Crippen LogP contribution in [0.2, 0.25) is 0 Å². The van der Waals surface area contributed by atoms with Crippen LogP contribution in [0.15, 0.2) is 41.9 Å². The van der Waals surface area contributed by atoms with E-state index in [1.165, 1.54) is 41.0 Å². The summed E-state index contributed by atoms with van der Waals surface area (Å²) in [5, 5.41) is 2.20. The Labute approximate surface area is 162 Å². The lowest BCUT2D eigenvalue weighted by Gasteiger charge is -2.06. The normalized spacial score (nSPS) is 11.5. The molecule has 3 aromatic rings. The molecule has 0 amide bonds. The molecular weight excluding hydrogens is 393 g/mol. The number of hydrogen-bond donors (Lipinski definition) is 0. The first-order chi connectivity index (χ1) is 13.1. The first kappa shape index (κ1) is 19.8. The summed E-state index contributed by atoms with van der Waals surface area (Å²) in [5.41, 5.74) is 0.948. The molecule has 1 aromatic carbocycles. The third kappa shape index (κ3) is 4.30. The van der Waals surface area contributed by atoms with Gasteiger partial charge in [-0.05, 0) is 25.1 Å². The number of carbonyl (C=O) groups is 2. The molecule has 0 spiro atoms. The van der Waals surface area contributed by atoms with Gasteiger partial charge in [0.25, 0.3) is 0 Å². The van der Waals surface area contributed by atoms with Crippen LogP contribution < -0.4 is 0 Å². The number of nitrogens with zero attached hydrogens (tertiary/aromatic N) is 2. The first-order valence-electron chi connectivity index (χ1n) is 8.11. The minimum Gasteiger partial charge on any atom is -0.454 e. The zero-order valence-electron chi connectivity index (χ0n) is 14.9. The van der Waals surface area contributed by atoms with Gasteiger partial charge in [-0.1, -0.05) is 12.1 Å². The van der Waals surface area contributed by atoms with E-state index in [1.807, 2.05) is 0 Å². The van der Waals surface area contributed by atoms with Crippen LogP contribution in [-0.4, -0.2) is 21.3 Å². The molecule has 5 nitrogen and oxygen atoms in total. The summed E-state index contributed by atoms with van der Waals surface area (Å²) in [4.78, 5) is 27.9. The molecule has 146 valence electrons. The fourth-order valence-corrected chi connectivity index (χ4v) is 3.29. The van der Waals surface area contributed by atoms with Gasteiger partial charge in [-0.3, -0.25) is 4.79 Å². The van der Waals surface area contributed by atoms with Crippen LogP contribution in [0.3, 0.4) is 0 Å². The predicted octanol–water partition coefficient (Wildman–Crippen LogP) is 4.73. The van der Waals surface area contributed by atoms with E-state index in [-0.39, 0.29) is 18.1 Å². The molecule has 0 N–H and O–H groups in total. The lowest BCUT2D eigenvalue weighted by atomic mass is 10.1. The van der Waals surface area contributed by atoms with Crippen molar-refractivity contribution in [2.24, 2.45) is 7.05 Å². The van der Waals surface area contributed by atoms with Gasteiger partial charge in [0, 0.05) is 29.8 Å². The molecule has 0 saturated carbocycles. The van der Waals surface area contributed by atoms with Crippen molar-refractivity contribution < 1.29 is 27.5 Å². The molecule has 0 aliphatic carbocycles. The van der Waals surface area contributed by atoms with E-state index in [9.17, 15) is 22.8 Å². The van der Waals surface area contributed by atoms with Crippen LogP contribution in [0.4, 0.5) is 13.2 Å². The number of ether oxygens (including phenoxy) is 1. The van der Waals surface area contributed by atoms with Crippen LogP contribution in [0.1, 0.15) is 39.0 Å². The third-order valence-corrected chi connectivity index (χ3v) is 4.92. The van der Waals surface area contributed by atoms with E-state index in [0.29, 0.717) is 21.8 Å². The summed E-state index contributed by atoms with van der Waals surface area (Å²) in [6, 6.07) is 6.16. The number of alkyl halides is 3. The number of Topliss-reactive ketones (excluding diaryl/α,β-unsaturated/α-hetero) is 1. The van der Waals surface area contributed by atoms with Gasteiger partial charge in [0.05, 0.1) is 11.3 Å². The quantitative estimate of drug-likeness (QED) is 0.453. The molecule has 9 heteroatoms. The van der Waals surface area contributed by atoms with Gasteiger partial charge < -0.3 is 9.30 Å². The molecule has 0 saturated heterocycles. The molecular formula is C19H15F3N2O3S. The smallest absolute Gasteiger partial charge is 0.416 e. The van der Waals surface area contributed by atoms with Gasteiger partial charge in [0.2, 0.25) is 0 Å². The molecule has 0 radical (unpaired) electrons. The van der Waals surface area contributed by atoms with Crippen LogP contribution in [-0.2, 0) is 24.6 Å². The van der Waals surface area contributed by atoms with Crippen molar-refractivity contribution in [1.82, 2.24) is 9.55 Å². The number of aryl methyl sites for hydroxylation is 1. The van der Waals surface area contributed by atoms with Crippen LogP contribution in [0.5, 0.6) is 0 Å². The second-order valence-electron chi connectivity index (χ2n) is 6.08. The van der Waals surface area contributed by atoms with Gasteiger partial charge >= 0.3 is 12.1 Å². The number of carbonyl (C=O) groups excluding carboxylic acids is 2. The monoisotopic (exact) mass is 408 g/mol. The lowest BCUT2D eigenvalue weighted by molar-refractivity contribution is -0.137. The average molecular weight is 408 g/mol. The van der Waals surface area contributed by atoms with Crippen molar-refractivity contribution in [3.05, 3.63) is 64.4 Å². The second-order valence-corrected chi connectivity index (χ2v) is 6.93. The molecule has 2 aromatic heterocycles. The molecule has 0 aliphatic rings. The minimum atomic E-state index is -4.39. The maximum atomic E-state index is 12.6. The Bertz CT molecular complexity index is 1020. The Morgan fingerprint density at radius 1 is 1.21 bits per heavy atom. The first-order valence-corrected chi connectivity index (χ1v) is 8.99. The standard InChI is InChI=1S/C19H15F3N2O3S/c1-11(25)13-7-16(24(2)8-13)18(26)27-9-15-10-28-17(23-15)12-3-5-14(6-4-12)19(20,21)22/h3-8,10H,9H2,1-2H3. The largest absolute Gasteiger partial charge is 0.454 e. The highest BCUT2D eigenvalue weighted by Crippen LogP contribution is 2.31. The third-order valence-electron chi connectivity index (χ3n) is 3.98. The number of aromatic nitrogens is 2. The highest BCUT2D eigenvalue weighted by Gasteiger charge is 2.30. The number of hydrogen-bond acceptors (Lipinski definition) is 5. The summed E-state index contributed by atoms with van der Waals surface area (Å²) >= 11 is 1.24. The molecule has 0 atom stereocenters. The van der Waals surface area contributed by atoms with E-state index in [1.54, 1.807) is 18.6 Å². The van der Waals surface area contributed by atoms with Crippen molar-refractivity contribution in [2.45, 2.75) is 19.7 Å². The summed E-state index contributed by atoms with van der Waals surface area (Å²) < 4.78 is 44.6. The van der Waals surface area contributed by atoms with Gasteiger partial charge in [-0.25, -0.2) is 9.78 Å². The fourth-order valence-electron chi connectivity index (χ4n) is 2.48. The summed E-state index contributed by atoms with van der Waals surface area (Å²) in [5.74, 6) is -0.755. The Balaban J connectivity index is 1.66. The minimum absolute atomic E-state index is 0.0868. The zero-order chi connectivity index (χ0) is 20.5. The van der Waals surface area contributed by atoms with Gasteiger partial charge in [0.1, 0.15) is 17.3 Å². The highest BCUT2D eigenvalue weighted by atomic mass is 32.1. The highest BCUT2D eigenvalue weighted by molar-refractivity contribution is 7.13. The Morgan fingerprint density at radius 3 is 2.46 bits per heavy atom. The van der Waals surface area contributed by atoms with Crippen molar-refractivity contribution in [1.29, 1.82) is 0 Å². The van der Waals surface area contributed by atoms with Crippen LogP contribution in [0, 0.1) is 0 Å². The zero-order valence-corrected chi connectivity index (χ0v) is 15.7. The maximum absolute atomic E-state index is 12.6. The Hall–Kier alpha value is -2.94. The molecule has 0 aliphatic heterocycles. The van der Waals surface area contributed by atoms with Crippen molar-refractivity contribution in [3.63, 3.8) is 0 Å². The number of rotatable bonds is 5. The Kier molecular flexibility index (Phi) is 5.37. The van der Waals surface area contributed by atoms with Crippen LogP contribution >= 0.6 is 11.3 Å². The van der Waals surface area contributed by atoms with E-state index in [2.05, 4.69) is 4.98 Å². The van der Waals surface area contributed by atoms with Crippen molar-refractivity contribution in [2.75, 3.05) is 0 Å². The van der Waals surface area contributed by atoms with Crippen LogP contribution in [0.25, 0.3) is 10.6 Å². The second kappa shape index (κ2) is 7.59. The summed E-state index contributed by atoms with van der Waals surface area (Å²) in [6.45, 7) is 1.32. The number of thiazole rings is 1. The molecule has 0 unspecified atom stereocenters. The molecule has 0 fully saturated rings. The lowest BCUT2D eigenvalue weighted by Crippen LogP contribution is -2.09. The van der Waals surface area contributed by atoms with Crippen molar-refractivity contribution >= 4 is 23.1 Å². The van der Waals surface area contributed by atoms with E-state index in [0.717, 1.165) is 12.1 Å². The predicted molar refractivity (Wildman–Crippen MR) is 97.1 cm³/mol. The molecule has 28 heavy (non-hydrogen) atoms. The molecule has 0 bridgehead atoms. The fraction of sp³-hybridized carbons (Fsp3) is 0.211. The van der Waals surface area contributed by atoms with Gasteiger partial charge in [-0.2, -0.15) is 13.2 Å².